The van der Waals surface area contributed by atoms with Gasteiger partial charge in [0.2, 0.25) is 5.91 Å². The van der Waals surface area contributed by atoms with Gasteiger partial charge in [-0.3, -0.25) is 14.6 Å². The largest absolute Gasteiger partial charge is 0.341 e. The quantitative estimate of drug-likeness (QED) is 0.828. The molecule has 0 saturated carbocycles. The summed E-state index contributed by atoms with van der Waals surface area (Å²) in [6.45, 7) is 14.8. The highest BCUT2D eigenvalue weighted by molar-refractivity contribution is 5.81. The van der Waals surface area contributed by atoms with Crippen LogP contribution in [0.3, 0.4) is 0 Å². The van der Waals surface area contributed by atoms with E-state index in [2.05, 4.69) is 72.7 Å². The average Bonchev–Trinajstić information content (AvgIpc) is 2.63. The van der Waals surface area contributed by atoms with Crippen molar-refractivity contribution in [3.8, 4) is 0 Å². The molecule has 2 fully saturated rings. The van der Waals surface area contributed by atoms with Crippen molar-refractivity contribution in [2.45, 2.75) is 58.7 Å². The summed E-state index contributed by atoms with van der Waals surface area (Å²) in [6.07, 6.45) is 2.30. The number of rotatable bonds is 4. The second kappa shape index (κ2) is 8.10. The van der Waals surface area contributed by atoms with Gasteiger partial charge in [-0.2, -0.15) is 0 Å². The van der Waals surface area contributed by atoms with Gasteiger partial charge in [-0.05, 0) is 45.1 Å². The number of likely N-dealkylation sites (tertiary alicyclic amines) is 1. The molecule has 0 bridgehead atoms. The van der Waals surface area contributed by atoms with Crippen LogP contribution in [-0.2, 0) is 11.3 Å². The Morgan fingerprint density at radius 1 is 1.12 bits per heavy atom. The maximum absolute atomic E-state index is 13.0. The highest BCUT2D eigenvalue weighted by Gasteiger charge is 2.38. The second-order valence-electron chi connectivity index (χ2n) is 8.87. The van der Waals surface area contributed by atoms with Crippen LogP contribution in [0.15, 0.2) is 30.3 Å². The molecule has 2 aliphatic rings. The van der Waals surface area contributed by atoms with E-state index in [9.17, 15) is 4.79 Å². The Balaban J connectivity index is 1.58. The molecular weight excluding hydrogens is 322 g/mol. The number of piperidine rings is 1. The van der Waals surface area contributed by atoms with Crippen molar-refractivity contribution >= 4 is 5.91 Å². The van der Waals surface area contributed by atoms with Gasteiger partial charge >= 0.3 is 0 Å². The molecule has 0 aromatic heterocycles. The minimum absolute atomic E-state index is 0.0124. The van der Waals surface area contributed by atoms with Crippen LogP contribution in [-0.4, -0.2) is 64.9 Å². The van der Waals surface area contributed by atoms with Crippen molar-refractivity contribution in [2.24, 2.45) is 5.92 Å². The number of amides is 1. The summed E-state index contributed by atoms with van der Waals surface area (Å²) in [6, 6.07) is 10.7. The minimum Gasteiger partial charge on any atom is -0.341 e. The lowest BCUT2D eigenvalue weighted by Gasteiger charge is -2.49. The van der Waals surface area contributed by atoms with Gasteiger partial charge in [0.25, 0.3) is 0 Å². The number of hydrogen-bond donors (Lipinski definition) is 0. The Kier molecular flexibility index (Phi) is 6.03. The molecule has 26 heavy (non-hydrogen) atoms. The van der Waals surface area contributed by atoms with Crippen LogP contribution in [0.1, 0.15) is 46.1 Å². The van der Waals surface area contributed by atoms with Crippen molar-refractivity contribution in [1.82, 2.24) is 14.7 Å². The average molecular weight is 358 g/mol. The van der Waals surface area contributed by atoms with E-state index in [4.69, 9.17) is 0 Å². The number of hydrogen-bond acceptors (Lipinski definition) is 3. The van der Waals surface area contributed by atoms with Gasteiger partial charge in [-0.25, -0.2) is 0 Å². The van der Waals surface area contributed by atoms with Crippen molar-refractivity contribution in [1.29, 1.82) is 0 Å². The maximum atomic E-state index is 13.0. The topological polar surface area (TPSA) is 26.8 Å². The molecule has 4 heteroatoms. The van der Waals surface area contributed by atoms with Crippen LogP contribution in [0.5, 0.6) is 0 Å². The summed E-state index contributed by atoms with van der Waals surface area (Å²) >= 11 is 0. The highest BCUT2D eigenvalue weighted by Crippen LogP contribution is 2.25. The van der Waals surface area contributed by atoms with Crippen LogP contribution >= 0.6 is 0 Å². The lowest BCUT2D eigenvalue weighted by molar-refractivity contribution is -0.139. The fraction of sp³-hybridized carbons (Fsp3) is 0.682. The zero-order valence-corrected chi connectivity index (χ0v) is 16.9. The monoisotopic (exact) mass is 357 g/mol. The molecule has 0 radical (unpaired) electrons. The first-order valence-electron chi connectivity index (χ1n) is 10.2. The molecule has 3 rings (SSSR count). The number of piperazine rings is 1. The van der Waals surface area contributed by atoms with E-state index in [1.165, 1.54) is 5.56 Å². The highest BCUT2D eigenvalue weighted by atomic mass is 16.2. The summed E-state index contributed by atoms with van der Waals surface area (Å²) in [4.78, 5) is 20.0. The zero-order chi connectivity index (χ0) is 18.7. The Hall–Kier alpha value is -1.39. The van der Waals surface area contributed by atoms with Gasteiger partial charge in [0.15, 0.2) is 0 Å². The maximum Gasteiger partial charge on any atom is 0.239 e. The van der Waals surface area contributed by atoms with Crippen molar-refractivity contribution < 1.29 is 4.79 Å². The molecule has 2 aliphatic heterocycles. The lowest BCUT2D eigenvalue weighted by atomic mass is 9.95. The van der Waals surface area contributed by atoms with Crippen LogP contribution in [0, 0.1) is 5.92 Å². The first-order valence-corrected chi connectivity index (χ1v) is 10.2. The number of carbonyl (C=O) groups is 1. The van der Waals surface area contributed by atoms with E-state index in [1.54, 1.807) is 0 Å². The second-order valence-corrected chi connectivity index (χ2v) is 8.87. The summed E-state index contributed by atoms with van der Waals surface area (Å²) < 4.78 is 0. The predicted molar refractivity (Wildman–Crippen MR) is 107 cm³/mol. The van der Waals surface area contributed by atoms with Gasteiger partial charge < -0.3 is 4.90 Å². The van der Waals surface area contributed by atoms with Crippen LogP contribution < -0.4 is 0 Å². The third kappa shape index (κ3) is 4.47. The van der Waals surface area contributed by atoms with E-state index >= 15 is 0 Å². The van der Waals surface area contributed by atoms with E-state index in [0.717, 1.165) is 58.0 Å². The third-order valence-corrected chi connectivity index (χ3v) is 6.32. The molecule has 0 N–H and O–H groups in total. The van der Waals surface area contributed by atoms with E-state index in [-0.39, 0.29) is 11.6 Å². The normalized spacial score (nSPS) is 23.8. The van der Waals surface area contributed by atoms with E-state index < -0.39 is 0 Å². The molecule has 4 nitrogen and oxygen atoms in total. The van der Waals surface area contributed by atoms with E-state index in [0.29, 0.717) is 5.91 Å². The fourth-order valence-corrected chi connectivity index (χ4v) is 4.30. The van der Waals surface area contributed by atoms with Crippen LogP contribution in [0.4, 0.5) is 0 Å². The van der Waals surface area contributed by atoms with Gasteiger partial charge in [0.1, 0.15) is 0 Å². The summed E-state index contributed by atoms with van der Waals surface area (Å²) in [5.41, 5.74) is 1.43. The first-order chi connectivity index (χ1) is 12.4. The lowest BCUT2D eigenvalue weighted by Crippen LogP contribution is -2.62. The molecule has 1 aromatic carbocycles. The molecular formula is C22H35N3O. The number of nitrogens with zero attached hydrogens (tertiary/aromatic N) is 3. The van der Waals surface area contributed by atoms with Crippen LogP contribution in [0.2, 0.25) is 0 Å². The third-order valence-electron chi connectivity index (χ3n) is 6.32. The Bertz CT molecular complexity index is 593. The van der Waals surface area contributed by atoms with Crippen molar-refractivity contribution in [2.75, 3.05) is 32.7 Å². The minimum atomic E-state index is -0.0124. The molecule has 144 valence electrons. The standard InChI is InChI=1S/C22H35N3O/c1-18-10-12-23(13-11-18)21(26)19(2)24-14-15-25(22(3,4)17-24)16-20-8-6-5-7-9-20/h5-9,18-19H,10-17H2,1-4H3. The molecule has 2 heterocycles. The van der Waals surface area contributed by atoms with Gasteiger partial charge in [-0.1, -0.05) is 37.3 Å². The van der Waals surface area contributed by atoms with Gasteiger partial charge in [0, 0.05) is 44.8 Å². The Labute approximate surface area is 159 Å². The van der Waals surface area contributed by atoms with Gasteiger partial charge in [0.05, 0.1) is 6.04 Å². The molecule has 0 spiro atoms. The van der Waals surface area contributed by atoms with Gasteiger partial charge in [-0.15, -0.1) is 0 Å². The SMILES string of the molecule is CC1CCN(C(=O)C(C)N2CCN(Cc3ccccc3)C(C)(C)C2)CC1. The molecule has 0 aliphatic carbocycles. The first kappa shape index (κ1) is 19.4. The fourth-order valence-electron chi connectivity index (χ4n) is 4.30. The molecule has 1 amide bonds. The summed E-state index contributed by atoms with van der Waals surface area (Å²) in [5.74, 6) is 1.08. The summed E-state index contributed by atoms with van der Waals surface area (Å²) in [7, 11) is 0. The predicted octanol–water partition coefficient (Wildman–Crippen LogP) is 3.23. The zero-order valence-electron chi connectivity index (χ0n) is 16.9. The smallest absolute Gasteiger partial charge is 0.239 e. The Morgan fingerprint density at radius 3 is 2.38 bits per heavy atom. The van der Waals surface area contributed by atoms with Crippen LogP contribution in [0.25, 0.3) is 0 Å². The molecule has 1 unspecified atom stereocenters. The molecule has 2 saturated heterocycles. The molecule has 1 atom stereocenters. The van der Waals surface area contributed by atoms with E-state index in [1.807, 2.05) is 0 Å². The van der Waals surface area contributed by atoms with Crippen molar-refractivity contribution in [3.05, 3.63) is 35.9 Å². The molecule has 1 aromatic rings. The number of carbonyl (C=O) groups excluding carboxylic acids is 1. The van der Waals surface area contributed by atoms with Crippen molar-refractivity contribution in [3.63, 3.8) is 0 Å². The summed E-state index contributed by atoms with van der Waals surface area (Å²) in [5, 5.41) is 0. The number of benzene rings is 1. The Morgan fingerprint density at radius 2 is 1.77 bits per heavy atom.